The maximum Gasteiger partial charge on any atom is 0.305 e. The van der Waals surface area contributed by atoms with Crippen LogP contribution in [-0.2, 0) is 0 Å². The number of likely N-dealkylation sites (N-methyl/N-ethyl adjacent to an activating group) is 1. The van der Waals surface area contributed by atoms with Crippen LogP contribution in [0.5, 0.6) is 0 Å². The second kappa shape index (κ2) is 7.72. The second-order valence-electron chi connectivity index (χ2n) is 6.18. The molecule has 0 saturated carbocycles. The molecule has 0 radical (unpaired) electrons. The Hall–Kier alpha value is -2.64. The van der Waals surface area contributed by atoms with Gasteiger partial charge in [0.25, 0.3) is 5.91 Å². The van der Waals surface area contributed by atoms with E-state index in [1.807, 2.05) is 11.9 Å². The summed E-state index contributed by atoms with van der Waals surface area (Å²) in [7, 11) is 2.02. The van der Waals surface area contributed by atoms with E-state index in [4.69, 9.17) is 11.6 Å². The van der Waals surface area contributed by atoms with Crippen molar-refractivity contribution in [1.29, 1.82) is 0 Å². The van der Waals surface area contributed by atoms with Crippen molar-refractivity contribution in [3.8, 4) is 0 Å². The van der Waals surface area contributed by atoms with Gasteiger partial charge in [-0.05, 0) is 43.4 Å². The summed E-state index contributed by atoms with van der Waals surface area (Å²) in [6, 6.07) is 11.4. The molecule has 0 atom stereocenters. The first-order valence-corrected chi connectivity index (χ1v) is 8.61. The first kappa shape index (κ1) is 18.2. The van der Waals surface area contributed by atoms with Crippen LogP contribution in [0.15, 0.2) is 42.5 Å². The standard InChI is InChI=1S/C18H19ClN4O3/c1-21-9-11-22(12-10-21)16-4-2-3-15(17(16)23(25)26)18(24)20-14-7-5-13(19)6-8-14/h2-8H,9-12H2,1H3,(H,20,24). The lowest BCUT2D eigenvalue weighted by Crippen LogP contribution is -2.44. The molecule has 0 unspecified atom stereocenters. The van der Waals surface area contributed by atoms with Crippen molar-refractivity contribution in [2.24, 2.45) is 0 Å². The van der Waals surface area contributed by atoms with Gasteiger partial charge >= 0.3 is 5.69 Å². The zero-order valence-corrected chi connectivity index (χ0v) is 15.1. The van der Waals surface area contributed by atoms with E-state index in [0.29, 0.717) is 29.5 Å². The van der Waals surface area contributed by atoms with Crippen molar-refractivity contribution in [3.05, 3.63) is 63.2 Å². The third kappa shape index (κ3) is 3.95. The fraction of sp³-hybridized carbons (Fsp3) is 0.278. The highest BCUT2D eigenvalue weighted by Gasteiger charge is 2.28. The molecule has 1 N–H and O–H groups in total. The molecule has 2 aromatic rings. The monoisotopic (exact) mass is 374 g/mol. The van der Waals surface area contributed by atoms with Crippen LogP contribution in [-0.4, -0.2) is 49.0 Å². The van der Waals surface area contributed by atoms with Crippen molar-refractivity contribution < 1.29 is 9.72 Å². The number of hydrogen-bond donors (Lipinski definition) is 1. The third-order valence-electron chi connectivity index (χ3n) is 4.39. The molecule has 7 nitrogen and oxygen atoms in total. The number of benzene rings is 2. The summed E-state index contributed by atoms with van der Waals surface area (Å²) in [6.07, 6.45) is 0. The molecule has 136 valence electrons. The molecule has 8 heteroatoms. The summed E-state index contributed by atoms with van der Waals surface area (Å²) >= 11 is 5.84. The Morgan fingerprint density at radius 1 is 1.12 bits per heavy atom. The minimum absolute atomic E-state index is 0.0429. The Kier molecular flexibility index (Phi) is 5.39. The number of nitrogens with zero attached hydrogens (tertiary/aromatic N) is 3. The van der Waals surface area contributed by atoms with Crippen LogP contribution < -0.4 is 10.2 Å². The second-order valence-corrected chi connectivity index (χ2v) is 6.62. The number of nitro benzene ring substituents is 1. The summed E-state index contributed by atoms with van der Waals surface area (Å²) in [5.74, 6) is -0.519. The molecule has 1 amide bonds. The molecule has 1 aliphatic rings. The number of carbonyl (C=O) groups is 1. The van der Waals surface area contributed by atoms with Crippen LogP contribution in [0.2, 0.25) is 5.02 Å². The summed E-state index contributed by atoms with van der Waals surface area (Å²) in [6.45, 7) is 3.00. The fourth-order valence-corrected chi connectivity index (χ4v) is 3.07. The van der Waals surface area contributed by atoms with Gasteiger partial charge in [0.2, 0.25) is 0 Å². The summed E-state index contributed by atoms with van der Waals surface area (Å²) in [5, 5.41) is 15.0. The zero-order chi connectivity index (χ0) is 18.7. The number of amides is 1. The largest absolute Gasteiger partial charge is 0.363 e. The highest BCUT2D eigenvalue weighted by molar-refractivity contribution is 6.30. The molecule has 0 bridgehead atoms. The van der Waals surface area contributed by atoms with Gasteiger partial charge in [0.15, 0.2) is 0 Å². The molecule has 2 aromatic carbocycles. The van der Waals surface area contributed by atoms with Gasteiger partial charge in [-0.25, -0.2) is 0 Å². The quantitative estimate of drug-likeness (QED) is 0.656. The predicted octanol–water partition coefficient (Wildman–Crippen LogP) is 3.25. The lowest BCUT2D eigenvalue weighted by atomic mass is 10.1. The van der Waals surface area contributed by atoms with Crippen LogP contribution >= 0.6 is 11.6 Å². The van der Waals surface area contributed by atoms with Crippen molar-refractivity contribution in [3.63, 3.8) is 0 Å². The number of hydrogen-bond acceptors (Lipinski definition) is 5. The summed E-state index contributed by atoms with van der Waals surface area (Å²) in [4.78, 5) is 28.0. The van der Waals surface area contributed by atoms with Crippen LogP contribution in [0.25, 0.3) is 0 Å². The molecular weight excluding hydrogens is 356 g/mol. The Balaban J connectivity index is 1.91. The molecule has 0 aromatic heterocycles. The van der Waals surface area contributed by atoms with Crippen LogP contribution in [0.1, 0.15) is 10.4 Å². The molecule has 0 aliphatic carbocycles. The van der Waals surface area contributed by atoms with Crippen LogP contribution in [0.4, 0.5) is 17.1 Å². The van der Waals surface area contributed by atoms with E-state index in [2.05, 4.69) is 10.2 Å². The molecule has 1 saturated heterocycles. The van der Waals surface area contributed by atoms with Gasteiger partial charge in [-0.1, -0.05) is 17.7 Å². The van der Waals surface area contributed by atoms with Crippen LogP contribution in [0, 0.1) is 10.1 Å². The molecule has 26 heavy (non-hydrogen) atoms. The van der Waals surface area contributed by atoms with Crippen LogP contribution in [0.3, 0.4) is 0 Å². The number of piperazine rings is 1. The van der Waals surface area contributed by atoms with E-state index in [9.17, 15) is 14.9 Å². The Morgan fingerprint density at radius 3 is 2.38 bits per heavy atom. The van der Waals surface area contributed by atoms with E-state index in [-0.39, 0.29) is 11.3 Å². The summed E-state index contributed by atoms with van der Waals surface area (Å²) in [5.41, 5.74) is 0.885. The highest BCUT2D eigenvalue weighted by Crippen LogP contribution is 2.33. The average molecular weight is 375 g/mol. The number of nitro groups is 1. The van der Waals surface area contributed by atoms with E-state index in [1.165, 1.54) is 6.07 Å². The van der Waals surface area contributed by atoms with E-state index in [0.717, 1.165) is 13.1 Å². The Labute approximate surface area is 156 Å². The number of carbonyl (C=O) groups excluding carboxylic acids is 1. The number of halogens is 1. The van der Waals surface area contributed by atoms with Gasteiger partial charge in [-0.15, -0.1) is 0 Å². The van der Waals surface area contributed by atoms with Crippen molar-refractivity contribution in [2.45, 2.75) is 0 Å². The van der Waals surface area contributed by atoms with Gasteiger partial charge in [0, 0.05) is 36.9 Å². The highest BCUT2D eigenvalue weighted by atomic mass is 35.5. The van der Waals surface area contributed by atoms with Crippen molar-refractivity contribution in [1.82, 2.24) is 4.90 Å². The molecule has 1 aliphatic heterocycles. The van der Waals surface area contributed by atoms with Crippen molar-refractivity contribution >= 4 is 34.6 Å². The molecular formula is C18H19ClN4O3. The first-order valence-electron chi connectivity index (χ1n) is 8.23. The van der Waals surface area contributed by atoms with Crippen molar-refractivity contribution in [2.75, 3.05) is 43.4 Å². The van der Waals surface area contributed by atoms with Gasteiger partial charge in [-0.2, -0.15) is 0 Å². The minimum atomic E-state index is -0.519. The maximum atomic E-state index is 12.6. The molecule has 1 fully saturated rings. The zero-order valence-electron chi connectivity index (χ0n) is 14.3. The smallest absolute Gasteiger partial charge is 0.305 e. The Morgan fingerprint density at radius 2 is 1.77 bits per heavy atom. The number of rotatable bonds is 4. The van der Waals surface area contributed by atoms with Gasteiger partial charge in [0.05, 0.1) is 4.92 Å². The fourth-order valence-electron chi connectivity index (χ4n) is 2.94. The average Bonchev–Trinajstić information content (AvgIpc) is 2.63. The van der Waals surface area contributed by atoms with E-state index < -0.39 is 10.8 Å². The van der Waals surface area contributed by atoms with E-state index in [1.54, 1.807) is 36.4 Å². The first-order chi connectivity index (χ1) is 12.5. The number of anilines is 2. The maximum absolute atomic E-state index is 12.6. The number of nitrogens with one attached hydrogen (secondary N) is 1. The van der Waals surface area contributed by atoms with Gasteiger partial charge in [0.1, 0.15) is 11.3 Å². The topological polar surface area (TPSA) is 78.7 Å². The SMILES string of the molecule is CN1CCN(c2cccc(C(=O)Nc3ccc(Cl)cc3)c2[N+](=O)[O-])CC1. The van der Waals surface area contributed by atoms with Gasteiger partial charge in [-0.3, -0.25) is 14.9 Å². The lowest BCUT2D eigenvalue weighted by Gasteiger charge is -2.33. The van der Waals surface area contributed by atoms with Gasteiger partial charge < -0.3 is 15.1 Å². The van der Waals surface area contributed by atoms with E-state index >= 15 is 0 Å². The number of para-hydroxylation sites is 1. The lowest BCUT2D eigenvalue weighted by molar-refractivity contribution is -0.384. The predicted molar refractivity (Wildman–Crippen MR) is 102 cm³/mol. The molecule has 1 heterocycles. The summed E-state index contributed by atoms with van der Waals surface area (Å²) < 4.78 is 0. The minimum Gasteiger partial charge on any atom is -0.363 e. The molecule has 0 spiro atoms. The molecule has 3 rings (SSSR count). The Bertz CT molecular complexity index is 818. The third-order valence-corrected chi connectivity index (χ3v) is 4.64. The normalized spacial score (nSPS) is 14.9.